The molecule has 0 aliphatic heterocycles. The SMILES string of the molecule is CC(C)(C)c1nc(C(=O)NC(CC(N)=O)C(=O)O)n[nH]1. The summed E-state index contributed by atoms with van der Waals surface area (Å²) in [6, 6.07) is -1.41. The van der Waals surface area contributed by atoms with Crippen LogP contribution in [0.25, 0.3) is 0 Å². The van der Waals surface area contributed by atoms with Crippen LogP contribution in [0.2, 0.25) is 0 Å². The number of rotatable bonds is 5. The zero-order valence-corrected chi connectivity index (χ0v) is 11.4. The Labute approximate surface area is 115 Å². The van der Waals surface area contributed by atoms with E-state index >= 15 is 0 Å². The molecule has 20 heavy (non-hydrogen) atoms. The number of nitrogens with zero attached hydrogens (tertiary/aromatic N) is 2. The van der Waals surface area contributed by atoms with Crippen LogP contribution < -0.4 is 11.1 Å². The minimum absolute atomic E-state index is 0.189. The summed E-state index contributed by atoms with van der Waals surface area (Å²) in [6.07, 6.45) is -0.502. The third-order valence-corrected chi connectivity index (χ3v) is 2.41. The van der Waals surface area contributed by atoms with Gasteiger partial charge in [-0.05, 0) is 0 Å². The Morgan fingerprint density at radius 2 is 2.00 bits per heavy atom. The number of aromatic amines is 1. The average molecular weight is 283 g/mol. The highest BCUT2D eigenvalue weighted by molar-refractivity contribution is 5.94. The molecular formula is C11H17N5O4. The number of primary amides is 1. The predicted molar refractivity (Wildman–Crippen MR) is 67.8 cm³/mol. The summed E-state index contributed by atoms with van der Waals surface area (Å²) in [5, 5.41) is 17.4. The number of carboxylic acid groups (broad SMARTS) is 1. The Morgan fingerprint density at radius 3 is 2.40 bits per heavy atom. The van der Waals surface area contributed by atoms with E-state index in [1.807, 2.05) is 20.8 Å². The molecule has 1 heterocycles. The van der Waals surface area contributed by atoms with Crippen molar-refractivity contribution in [2.45, 2.75) is 38.6 Å². The van der Waals surface area contributed by atoms with Gasteiger partial charge >= 0.3 is 5.97 Å². The van der Waals surface area contributed by atoms with E-state index in [2.05, 4.69) is 20.5 Å². The van der Waals surface area contributed by atoms with Gasteiger partial charge in [-0.15, -0.1) is 5.10 Å². The maximum atomic E-state index is 11.8. The number of aromatic nitrogens is 3. The summed E-state index contributed by atoms with van der Waals surface area (Å²) < 4.78 is 0. The van der Waals surface area contributed by atoms with Gasteiger partial charge in [-0.2, -0.15) is 0 Å². The van der Waals surface area contributed by atoms with Crippen LogP contribution in [0, 0.1) is 0 Å². The number of nitrogens with one attached hydrogen (secondary N) is 2. The lowest BCUT2D eigenvalue weighted by atomic mass is 9.96. The quantitative estimate of drug-likeness (QED) is 0.553. The molecule has 1 rings (SSSR count). The molecule has 1 aromatic heterocycles. The monoisotopic (exact) mass is 283 g/mol. The maximum Gasteiger partial charge on any atom is 0.326 e. The normalized spacial score (nSPS) is 12.8. The molecule has 9 heteroatoms. The molecule has 1 unspecified atom stereocenters. The summed E-state index contributed by atoms with van der Waals surface area (Å²) in [7, 11) is 0. The van der Waals surface area contributed by atoms with E-state index in [0.717, 1.165) is 0 Å². The van der Waals surface area contributed by atoms with Crippen molar-refractivity contribution in [2.75, 3.05) is 0 Å². The lowest BCUT2D eigenvalue weighted by Crippen LogP contribution is -2.43. The van der Waals surface area contributed by atoms with Gasteiger partial charge in [0.1, 0.15) is 11.9 Å². The van der Waals surface area contributed by atoms with Crippen LogP contribution in [-0.4, -0.2) is 44.1 Å². The van der Waals surface area contributed by atoms with E-state index in [0.29, 0.717) is 5.82 Å². The second-order valence-electron chi connectivity index (χ2n) is 5.29. The highest BCUT2D eigenvalue weighted by atomic mass is 16.4. The van der Waals surface area contributed by atoms with Gasteiger partial charge in [-0.1, -0.05) is 20.8 Å². The van der Waals surface area contributed by atoms with Crippen molar-refractivity contribution in [2.24, 2.45) is 5.73 Å². The van der Waals surface area contributed by atoms with Gasteiger partial charge in [-0.25, -0.2) is 9.78 Å². The molecule has 0 aliphatic carbocycles. The van der Waals surface area contributed by atoms with E-state index in [1.165, 1.54) is 0 Å². The van der Waals surface area contributed by atoms with Gasteiger partial charge in [0.2, 0.25) is 11.7 Å². The van der Waals surface area contributed by atoms with Crippen molar-refractivity contribution in [3.63, 3.8) is 0 Å². The summed E-state index contributed by atoms with van der Waals surface area (Å²) in [6.45, 7) is 5.63. The van der Waals surface area contributed by atoms with Crippen LogP contribution in [0.15, 0.2) is 0 Å². The van der Waals surface area contributed by atoms with Crippen molar-refractivity contribution >= 4 is 17.8 Å². The Bertz CT molecular complexity index is 531. The Morgan fingerprint density at radius 1 is 1.40 bits per heavy atom. The van der Waals surface area contributed by atoms with Crippen LogP contribution in [-0.2, 0) is 15.0 Å². The van der Waals surface area contributed by atoms with E-state index in [-0.39, 0.29) is 11.2 Å². The largest absolute Gasteiger partial charge is 0.480 e. The minimum Gasteiger partial charge on any atom is -0.480 e. The first kappa shape index (κ1) is 15.6. The standard InChI is InChI=1S/C11H17N5O4/c1-11(2,3)10-14-7(15-16-10)8(18)13-5(9(19)20)4-6(12)17/h5H,4H2,1-3H3,(H2,12,17)(H,13,18)(H,19,20)(H,14,15,16). The lowest BCUT2D eigenvalue weighted by molar-refractivity contribution is -0.140. The number of carboxylic acids is 1. The Balaban J connectivity index is 2.82. The molecular weight excluding hydrogens is 266 g/mol. The van der Waals surface area contributed by atoms with E-state index in [4.69, 9.17) is 10.8 Å². The van der Waals surface area contributed by atoms with Crippen molar-refractivity contribution < 1.29 is 19.5 Å². The summed E-state index contributed by atoms with van der Waals surface area (Å²) in [5.74, 6) is -2.67. The van der Waals surface area contributed by atoms with E-state index < -0.39 is 30.2 Å². The van der Waals surface area contributed by atoms with E-state index in [1.54, 1.807) is 0 Å². The molecule has 0 radical (unpaired) electrons. The van der Waals surface area contributed by atoms with Crippen LogP contribution in [0.3, 0.4) is 0 Å². The Hall–Kier alpha value is -2.45. The second kappa shape index (κ2) is 5.68. The first-order chi connectivity index (χ1) is 9.11. The van der Waals surface area contributed by atoms with Crippen LogP contribution in [0.5, 0.6) is 0 Å². The van der Waals surface area contributed by atoms with Crippen molar-refractivity contribution in [1.29, 1.82) is 0 Å². The molecule has 0 bridgehead atoms. The summed E-state index contributed by atoms with van der Waals surface area (Å²) in [4.78, 5) is 37.4. The van der Waals surface area contributed by atoms with Gasteiger partial charge in [-0.3, -0.25) is 14.7 Å². The highest BCUT2D eigenvalue weighted by Crippen LogP contribution is 2.17. The maximum absolute atomic E-state index is 11.8. The molecule has 9 nitrogen and oxygen atoms in total. The number of carbonyl (C=O) groups is 3. The van der Waals surface area contributed by atoms with Gasteiger partial charge in [0.15, 0.2) is 0 Å². The molecule has 0 saturated heterocycles. The fourth-order valence-corrected chi connectivity index (χ4v) is 1.32. The number of hydrogen-bond acceptors (Lipinski definition) is 5. The molecule has 5 N–H and O–H groups in total. The second-order valence-corrected chi connectivity index (χ2v) is 5.29. The number of carbonyl (C=O) groups excluding carboxylic acids is 2. The van der Waals surface area contributed by atoms with Gasteiger partial charge < -0.3 is 16.2 Å². The number of nitrogens with two attached hydrogens (primary N) is 1. The highest BCUT2D eigenvalue weighted by Gasteiger charge is 2.26. The fourth-order valence-electron chi connectivity index (χ4n) is 1.32. The zero-order valence-electron chi connectivity index (χ0n) is 11.4. The Kier molecular flexibility index (Phi) is 4.43. The molecule has 0 spiro atoms. The number of hydrogen-bond donors (Lipinski definition) is 4. The predicted octanol–water partition coefficient (Wildman–Crippen LogP) is -0.839. The minimum atomic E-state index is -1.41. The smallest absolute Gasteiger partial charge is 0.326 e. The van der Waals surface area contributed by atoms with Crippen LogP contribution in [0.4, 0.5) is 0 Å². The van der Waals surface area contributed by atoms with Gasteiger partial charge in [0, 0.05) is 5.41 Å². The third-order valence-electron chi connectivity index (χ3n) is 2.41. The first-order valence-corrected chi connectivity index (χ1v) is 5.86. The van der Waals surface area contributed by atoms with Crippen LogP contribution in [0.1, 0.15) is 43.6 Å². The van der Waals surface area contributed by atoms with Crippen molar-refractivity contribution in [3.05, 3.63) is 11.6 Å². The molecule has 0 aromatic carbocycles. The lowest BCUT2D eigenvalue weighted by Gasteiger charge is -2.13. The molecule has 0 fully saturated rings. The molecule has 0 saturated carbocycles. The van der Waals surface area contributed by atoms with Crippen LogP contribution >= 0.6 is 0 Å². The molecule has 2 amide bonds. The number of H-pyrrole nitrogens is 1. The zero-order chi connectivity index (χ0) is 15.5. The first-order valence-electron chi connectivity index (χ1n) is 5.86. The summed E-state index contributed by atoms with van der Waals surface area (Å²) >= 11 is 0. The molecule has 1 atom stereocenters. The van der Waals surface area contributed by atoms with Gasteiger partial charge in [0.05, 0.1) is 6.42 Å². The topological polar surface area (TPSA) is 151 Å². The summed E-state index contributed by atoms with van der Waals surface area (Å²) in [5.41, 5.74) is 4.59. The number of amides is 2. The van der Waals surface area contributed by atoms with Crippen molar-refractivity contribution in [3.8, 4) is 0 Å². The van der Waals surface area contributed by atoms with Gasteiger partial charge in [0.25, 0.3) is 5.91 Å². The molecule has 0 aliphatic rings. The van der Waals surface area contributed by atoms with Crippen molar-refractivity contribution in [1.82, 2.24) is 20.5 Å². The fraction of sp³-hybridized carbons (Fsp3) is 0.545. The third kappa shape index (κ3) is 4.04. The average Bonchev–Trinajstić information content (AvgIpc) is 2.75. The van der Waals surface area contributed by atoms with E-state index in [9.17, 15) is 14.4 Å². The molecule has 1 aromatic rings. The molecule has 110 valence electrons. The number of aliphatic carboxylic acids is 1.